The molecule has 0 saturated heterocycles. The van der Waals surface area contributed by atoms with Crippen molar-refractivity contribution in [1.29, 1.82) is 0 Å². The van der Waals surface area contributed by atoms with Gasteiger partial charge in [-0.25, -0.2) is 0 Å². The number of fused-ring (bicyclic) bond motifs is 2. The lowest BCUT2D eigenvalue weighted by Crippen LogP contribution is -2.32. The van der Waals surface area contributed by atoms with Crippen LogP contribution < -0.4 is 10.2 Å². The van der Waals surface area contributed by atoms with Crippen molar-refractivity contribution in [2.75, 3.05) is 33.8 Å². The second-order valence-electron chi connectivity index (χ2n) is 8.29. The van der Waals surface area contributed by atoms with E-state index in [0.29, 0.717) is 34.7 Å². The van der Waals surface area contributed by atoms with Crippen LogP contribution in [-0.4, -0.2) is 49.5 Å². The van der Waals surface area contributed by atoms with Gasteiger partial charge in [0.1, 0.15) is 11.3 Å². The van der Waals surface area contributed by atoms with Crippen LogP contribution in [0.1, 0.15) is 47.5 Å². The molecule has 1 aliphatic rings. The van der Waals surface area contributed by atoms with Crippen molar-refractivity contribution in [3.05, 3.63) is 74.6 Å². The Balaban J connectivity index is 1.80. The summed E-state index contributed by atoms with van der Waals surface area (Å²) in [6, 6.07) is 12.0. The molecule has 0 aliphatic carbocycles. The fraction of sp³-hybridized carbons (Fsp3) is 0.360. The van der Waals surface area contributed by atoms with Gasteiger partial charge in [-0.1, -0.05) is 30.7 Å². The number of hydrogen-bond acceptors (Lipinski definition) is 5. The predicted octanol–water partition coefficient (Wildman–Crippen LogP) is 4.73. The van der Waals surface area contributed by atoms with Crippen LogP contribution >= 0.6 is 11.6 Å². The maximum absolute atomic E-state index is 13.5. The molecule has 0 spiro atoms. The largest absolute Gasteiger partial charge is 0.494 e. The zero-order chi connectivity index (χ0) is 22.8. The van der Waals surface area contributed by atoms with Gasteiger partial charge >= 0.3 is 0 Å². The first-order valence-electron chi connectivity index (χ1n) is 10.9. The number of hydrogen-bond donors (Lipinski definition) is 0. The molecule has 6 nitrogen and oxygen atoms in total. The third-order valence-electron chi connectivity index (χ3n) is 5.60. The summed E-state index contributed by atoms with van der Waals surface area (Å²) in [5.41, 5.74) is 1.36. The summed E-state index contributed by atoms with van der Waals surface area (Å²) in [4.78, 5) is 30.7. The lowest BCUT2D eigenvalue weighted by atomic mass is 9.98. The van der Waals surface area contributed by atoms with Crippen LogP contribution in [0.2, 0.25) is 5.02 Å². The molecule has 3 aromatic rings. The van der Waals surface area contributed by atoms with E-state index < -0.39 is 6.04 Å². The molecule has 7 heteroatoms. The van der Waals surface area contributed by atoms with E-state index in [4.69, 9.17) is 20.8 Å². The Morgan fingerprint density at radius 3 is 2.56 bits per heavy atom. The van der Waals surface area contributed by atoms with Crippen molar-refractivity contribution < 1.29 is 13.9 Å². The molecule has 4 rings (SSSR count). The third kappa shape index (κ3) is 4.25. The summed E-state index contributed by atoms with van der Waals surface area (Å²) in [5, 5.41) is 0.831. The SMILES string of the molecule is CCCOc1ccc(C2c3c(oc4ccc(Cl)cc4c3=O)C(=O)N2CCCN(C)C)cc1. The number of carbonyl (C=O) groups excluding carboxylic acids is 1. The van der Waals surface area contributed by atoms with Crippen LogP contribution in [0.15, 0.2) is 51.7 Å². The number of nitrogens with zero attached hydrogens (tertiary/aromatic N) is 2. The van der Waals surface area contributed by atoms with Crippen LogP contribution in [0.3, 0.4) is 0 Å². The van der Waals surface area contributed by atoms with Crippen LogP contribution in [0.5, 0.6) is 5.75 Å². The van der Waals surface area contributed by atoms with E-state index >= 15 is 0 Å². The molecular weight excluding hydrogens is 428 g/mol. The molecule has 0 radical (unpaired) electrons. The van der Waals surface area contributed by atoms with E-state index in [1.165, 1.54) is 0 Å². The highest BCUT2D eigenvalue weighted by Gasteiger charge is 2.42. The lowest BCUT2D eigenvalue weighted by Gasteiger charge is -2.26. The molecule has 32 heavy (non-hydrogen) atoms. The van der Waals surface area contributed by atoms with Gasteiger partial charge in [0.05, 0.1) is 23.6 Å². The van der Waals surface area contributed by atoms with Crippen molar-refractivity contribution in [3.63, 3.8) is 0 Å². The average molecular weight is 455 g/mol. The summed E-state index contributed by atoms with van der Waals surface area (Å²) in [5.74, 6) is 0.617. The molecule has 2 aromatic carbocycles. The second-order valence-corrected chi connectivity index (χ2v) is 8.73. The summed E-state index contributed by atoms with van der Waals surface area (Å²) in [6.45, 7) is 4.03. The maximum atomic E-state index is 13.5. The quantitative estimate of drug-likeness (QED) is 0.492. The Bertz CT molecular complexity index is 1190. The smallest absolute Gasteiger partial charge is 0.290 e. The van der Waals surface area contributed by atoms with Gasteiger partial charge in [0.15, 0.2) is 5.43 Å². The van der Waals surface area contributed by atoms with E-state index in [2.05, 4.69) is 11.8 Å². The minimum absolute atomic E-state index is 0.117. The molecule has 1 aliphatic heterocycles. The van der Waals surface area contributed by atoms with E-state index in [9.17, 15) is 9.59 Å². The number of rotatable bonds is 8. The third-order valence-corrected chi connectivity index (χ3v) is 5.84. The van der Waals surface area contributed by atoms with Gasteiger partial charge in [-0.05, 0) is 69.4 Å². The fourth-order valence-corrected chi connectivity index (χ4v) is 4.27. The molecule has 1 atom stereocenters. The summed E-state index contributed by atoms with van der Waals surface area (Å²) in [7, 11) is 3.99. The Labute approximate surface area is 192 Å². The van der Waals surface area contributed by atoms with E-state index in [1.54, 1.807) is 23.1 Å². The highest BCUT2D eigenvalue weighted by atomic mass is 35.5. The average Bonchev–Trinajstić information content (AvgIpc) is 3.05. The zero-order valence-electron chi connectivity index (χ0n) is 18.6. The lowest BCUT2D eigenvalue weighted by molar-refractivity contribution is 0.0722. The first-order valence-corrected chi connectivity index (χ1v) is 11.2. The topological polar surface area (TPSA) is 63.0 Å². The van der Waals surface area contributed by atoms with Gasteiger partial charge in [-0.3, -0.25) is 9.59 Å². The fourth-order valence-electron chi connectivity index (χ4n) is 4.09. The molecule has 0 N–H and O–H groups in total. The monoisotopic (exact) mass is 454 g/mol. The Morgan fingerprint density at radius 1 is 1.12 bits per heavy atom. The first-order chi connectivity index (χ1) is 15.4. The highest BCUT2D eigenvalue weighted by molar-refractivity contribution is 6.31. The van der Waals surface area contributed by atoms with Gasteiger partial charge in [0.25, 0.3) is 5.91 Å². The minimum atomic E-state index is -0.514. The number of carbonyl (C=O) groups is 1. The van der Waals surface area contributed by atoms with Crippen molar-refractivity contribution in [2.24, 2.45) is 0 Å². The van der Waals surface area contributed by atoms with E-state index in [0.717, 1.165) is 30.7 Å². The van der Waals surface area contributed by atoms with Crippen LogP contribution in [0.4, 0.5) is 0 Å². The summed E-state index contributed by atoms with van der Waals surface area (Å²) in [6.07, 6.45) is 1.70. The normalized spacial score (nSPS) is 15.6. The van der Waals surface area contributed by atoms with Gasteiger partial charge in [0, 0.05) is 11.6 Å². The molecule has 0 fully saturated rings. The summed E-state index contributed by atoms with van der Waals surface area (Å²) >= 11 is 6.13. The zero-order valence-corrected chi connectivity index (χ0v) is 19.3. The number of halogens is 1. The molecule has 1 unspecified atom stereocenters. The molecule has 1 amide bonds. The molecule has 0 saturated carbocycles. The molecular formula is C25H27ClN2O4. The minimum Gasteiger partial charge on any atom is -0.494 e. The Kier molecular flexibility index (Phi) is 6.53. The van der Waals surface area contributed by atoms with Crippen LogP contribution in [-0.2, 0) is 0 Å². The number of ether oxygens (including phenoxy) is 1. The van der Waals surface area contributed by atoms with Crippen molar-refractivity contribution in [2.45, 2.75) is 25.8 Å². The Hall–Kier alpha value is -2.83. The molecule has 168 valence electrons. The molecule has 1 aromatic heterocycles. The molecule has 0 bridgehead atoms. The van der Waals surface area contributed by atoms with Gasteiger partial charge < -0.3 is 19.0 Å². The van der Waals surface area contributed by atoms with Crippen molar-refractivity contribution >= 4 is 28.5 Å². The highest BCUT2D eigenvalue weighted by Crippen LogP contribution is 2.38. The summed E-state index contributed by atoms with van der Waals surface area (Å²) < 4.78 is 11.6. The predicted molar refractivity (Wildman–Crippen MR) is 126 cm³/mol. The van der Waals surface area contributed by atoms with E-state index in [1.807, 2.05) is 38.4 Å². The van der Waals surface area contributed by atoms with Gasteiger partial charge in [0.2, 0.25) is 5.76 Å². The van der Waals surface area contributed by atoms with Crippen molar-refractivity contribution in [3.8, 4) is 5.75 Å². The van der Waals surface area contributed by atoms with Crippen molar-refractivity contribution in [1.82, 2.24) is 9.80 Å². The standard InChI is InChI=1S/C25H27ClN2O4/c1-4-14-31-18-9-6-16(7-10-18)22-21-23(29)19-15-17(26)8-11-20(19)32-24(21)25(30)28(22)13-5-12-27(2)3/h6-11,15,22H,4-5,12-14H2,1-3H3. The molecule has 2 heterocycles. The van der Waals surface area contributed by atoms with Gasteiger partial charge in [-0.15, -0.1) is 0 Å². The van der Waals surface area contributed by atoms with Crippen LogP contribution in [0, 0.1) is 0 Å². The number of amides is 1. The van der Waals surface area contributed by atoms with Gasteiger partial charge in [-0.2, -0.15) is 0 Å². The first kappa shape index (κ1) is 22.4. The Morgan fingerprint density at radius 2 is 1.88 bits per heavy atom. The maximum Gasteiger partial charge on any atom is 0.290 e. The van der Waals surface area contributed by atoms with E-state index in [-0.39, 0.29) is 17.1 Å². The van der Waals surface area contributed by atoms with Crippen LogP contribution in [0.25, 0.3) is 11.0 Å². The number of benzene rings is 2. The second kappa shape index (κ2) is 9.35.